The number of nitrogens with one attached hydrogen (secondary N) is 1. The maximum absolute atomic E-state index is 13.6. The molecule has 0 radical (unpaired) electrons. The molecule has 198 valence electrons. The molecule has 3 aromatic rings. The molecule has 0 spiro atoms. The van der Waals surface area contributed by atoms with Gasteiger partial charge in [-0.25, -0.2) is 0 Å². The third-order valence-corrected chi connectivity index (χ3v) is 7.20. The van der Waals surface area contributed by atoms with Crippen LogP contribution in [-0.2, 0) is 15.7 Å². The summed E-state index contributed by atoms with van der Waals surface area (Å²) in [7, 11) is 0. The Hall–Kier alpha value is -3.72. The fourth-order valence-electron chi connectivity index (χ4n) is 4.14. The number of nitrogens with zero attached hydrogens (tertiary/aromatic N) is 3. The average molecular weight is 543 g/mol. The largest absolute Gasteiger partial charge is 0.416 e. The van der Waals surface area contributed by atoms with Gasteiger partial charge in [0.25, 0.3) is 11.5 Å². The fourth-order valence-corrected chi connectivity index (χ4v) is 5.23. The summed E-state index contributed by atoms with van der Waals surface area (Å²) in [6.07, 6.45) is -3.47. The van der Waals surface area contributed by atoms with E-state index in [2.05, 4.69) is 10.2 Å². The van der Waals surface area contributed by atoms with Crippen molar-refractivity contribution in [3.05, 3.63) is 84.8 Å². The van der Waals surface area contributed by atoms with Crippen LogP contribution in [0.2, 0.25) is 0 Å². The molecular weight excluding hydrogens is 517 g/mol. The zero-order valence-corrected chi connectivity index (χ0v) is 21.4. The van der Waals surface area contributed by atoms with Crippen molar-refractivity contribution in [2.75, 3.05) is 39.4 Å². The van der Waals surface area contributed by atoms with Crippen molar-refractivity contribution < 1.29 is 22.7 Å². The van der Waals surface area contributed by atoms with E-state index in [0.29, 0.717) is 31.0 Å². The minimum atomic E-state index is -4.62. The van der Waals surface area contributed by atoms with Gasteiger partial charge in [-0.3, -0.25) is 19.1 Å². The second-order valence-corrected chi connectivity index (χ2v) is 9.66. The minimum absolute atomic E-state index is 0.0335. The number of amides is 1. The number of hydrogen-bond donors (Lipinski definition) is 1. The molecule has 0 unspecified atom stereocenters. The quantitative estimate of drug-likeness (QED) is 0.516. The number of morpholine rings is 1. The first-order valence-electron chi connectivity index (χ1n) is 11.9. The van der Waals surface area contributed by atoms with Crippen molar-refractivity contribution >= 4 is 28.9 Å². The van der Waals surface area contributed by atoms with Gasteiger partial charge in [-0.2, -0.15) is 18.4 Å². The van der Waals surface area contributed by atoms with Crippen LogP contribution in [-0.4, -0.2) is 54.8 Å². The van der Waals surface area contributed by atoms with Crippen molar-refractivity contribution in [2.24, 2.45) is 0 Å². The van der Waals surface area contributed by atoms with Crippen LogP contribution in [0, 0.1) is 18.3 Å². The van der Waals surface area contributed by atoms with Crippen LogP contribution < -0.4 is 20.1 Å². The summed E-state index contributed by atoms with van der Waals surface area (Å²) >= 11 is 0.807. The molecule has 0 bridgehead atoms. The number of hydrogen-bond acceptors (Lipinski definition) is 6. The minimum Gasteiger partial charge on any atom is -0.379 e. The molecule has 1 fully saturated rings. The van der Waals surface area contributed by atoms with Crippen molar-refractivity contribution in [3.8, 4) is 11.8 Å². The lowest BCUT2D eigenvalue weighted by Crippen LogP contribution is -2.42. The number of aromatic nitrogens is 1. The van der Waals surface area contributed by atoms with Crippen LogP contribution in [0.4, 0.5) is 13.2 Å². The van der Waals surface area contributed by atoms with E-state index in [9.17, 15) is 28.0 Å². The number of carbonyl (C=O) groups excluding carboxylic acids is 1. The lowest BCUT2D eigenvalue weighted by atomic mass is 10.1. The van der Waals surface area contributed by atoms with Gasteiger partial charge in [0.2, 0.25) is 0 Å². The third kappa shape index (κ3) is 6.05. The highest BCUT2D eigenvalue weighted by Crippen LogP contribution is 2.32. The van der Waals surface area contributed by atoms with Gasteiger partial charge in [0.1, 0.15) is 10.7 Å². The number of carbonyl (C=O) groups is 1. The highest BCUT2D eigenvalue weighted by atomic mass is 32.1. The van der Waals surface area contributed by atoms with Crippen LogP contribution in [0.25, 0.3) is 17.3 Å². The Balaban J connectivity index is 1.84. The molecule has 4 rings (SSSR count). The number of benzene rings is 2. The number of halogens is 3. The van der Waals surface area contributed by atoms with Crippen LogP contribution in [0.1, 0.15) is 16.7 Å². The molecule has 1 amide bonds. The van der Waals surface area contributed by atoms with E-state index in [1.807, 2.05) is 6.07 Å². The van der Waals surface area contributed by atoms with E-state index in [4.69, 9.17) is 4.74 Å². The molecule has 1 saturated heterocycles. The lowest BCUT2D eigenvalue weighted by Gasteiger charge is -2.26. The molecule has 1 N–H and O–H groups in total. The fraction of sp³-hybridized carbons (Fsp3) is 0.296. The van der Waals surface area contributed by atoms with E-state index in [-0.39, 0.29) is 26.9 Å². The maximum Gasteiger partial charge on any atom is 0.416 e. The Kier molecular flexibility index (Phi) is 8.46. The predicted molar refractivity (Wildman–Crippen MR) is 138 cm³/mol. The lowest BCUT2D eigenvalue weighted by molar-refractivity contribution is -0.137. The molecule has 11 heteroatoms. The first kappa shape index (κ1) is 27.3. The highest BCUT2D eigenvalue weighted by molar-refractivity contribution is 7.07. The topological polar surface area (TPSA) is 87.4 Å². The van der Waals surface area contributed by atoms with Gasteiger partial charge in [-0.05, 0) is 36.3 Å². The molecule has 0 saturated carbocycles. The average Bonchev–Trinajstić information content (AvgIpc) is 3.20. The molecule has 7 nitrogen and oxygen atoms in total. The predicted octanol–water partition coefficient (Wildman–Crippen LogP) is 2.18. The van der Waals surface area contributed by atoms with E-state index in [0.717, 1.165) is 36.6 Å². The number of aryl methyl sites for hydroxylation is 1. The Morgan fingerprint density at radius 1 is 1.16 bits per heavy atom. The second-order valence-electron chi connectivity index (χ2n) is 8.62. The van der Waals surface area contributed by atoms with Crippen LogP contribution in [0.15, 0.2) is 53.3 Å². The van der Waals surface area contributed by atoms with Gasteiger partial charge < -0.3 is 10.1 Å². The van der Waals surface area contributed by atoms with Crippen LogP contribution >= 0.6 is 11.3 Å². The monoisotopic (exact) mass is 542 g/mol. The molecule has 1 aliphatic rings. The smallest absolute Gasteiger partial charge is 0.379 e. The summed E-state index contributed by atoms with van der Waals surface area (Å²) in [5, 5.41) is 12.7. The Labute approximate surface area is 220 Å². The van der Waals surface area contributed by atoms with E-state index in [1.165, 1.54) is 22.8 Å². The molecule has 0 aliphatic carbocycles. The van der Waals surface area contributed by atoms with Gasteiger partial charge in [-0.15, -0.1) is 11.3 Å². The van der Waals surface area contributed by atoms with Gasteiger partial charge >= 0.3 is 6.18 Å². The number of thiazole rings is 1. The molecule has 38 heavy (non-hydrogen) atoms. The molecule has 2 heterocycles. The molecule has 1 aliphatic heterocycles. The third-order valence-electron chi connectivity index (χ3n) is 6.10. The van der Waals surface area contributed by atoms with Crippen molar-refractivity contribution in [1.82, 2.24) is 14.8 Å². The summed E-state index contributed by atoms with van der Waals surface area (Å²) in [5.41, 5.74) is -0.856. The van der Waals surface area contributed by atoms with Crippen molar-refractivity contribution in [2.45, 2.75) is 13.1 Å². The first-order chi connectivity index (χ1) is 18.2. The van der Waals surface area contributed by atoms with Crippen molar-refractivity contribution in [3.63, 3.8) is 0 Å². The zero-order chi connectivity index (χ0) is 27.3. The van der Waals surface area contributed by atoms with Gasteiger partial charge in [0, 0.05) is 26.2 Å². The standard InChI is InChI=1S/C27H25F3N4O3S/c1-18-6-2-5-9-22(18)34-25(36)23(16-19-7-3-4-8-21(19)27(28,29)30)38-26(34)20(17-31)24(35)32-10-11-33-12-14-37-15-13-33/h2-9,16H,10-15H2,1H3,(H,32,35)/b23-16-,26-20-. The number of ether oxygens (including phenoxy) is 1. The Bertz CT molecular complexity index is 1550. The summed E-state index contributed by atoms with van der Waals surface area (Å²) in [6, 6.07) is 13.7. The number of rotatable bonds is 6. The van der Waals surface area contributed by atoms with Gasteiger partial charge in [0.15, 0.2) is 5.57 Å². The summed E-state index contributed by atoms with van der Waals surface area (Å²) in [6.45, 7) is 5.30. The Morgan fingerprint density at radius 3 is 2.53 bits per heavy atom. The van der Waals surface area contributed by atoms with Gasteiger partial charge in [-0.1, -0.05) is 36.4 Å². The summed E-state index contributed by atoms with van der Waals surface area (Å²) in [5.74, 6) is -0.661. The molecule has 0 atom stereocenters. The Morgan fingerprint density at radius 2 is 1.84 bits per heavy atom. The summed E-state index contributed by atoms with van der Waals surface area (Å²) in [4.78, 5) is 28.7. The van der Waals surface area contributed by atoms with Crippen LogP contribution in [0.3, 0.4) is 0 Å². The number of nitriles is 1. The first-order valence-corrected chi connectivity index (χ1v) is 12.7. The summed E-state index contributed by atoms with van der Waals surface area (Å²) < 4.78 is 47.3. The van der Waals surface area contributed by atoms with Gasteiger partial charge in [0.05, 0.1) is 29.0 Å². The molecular formula is C27H25F3N4O3S. The van der Waals surface area contributed by atoms with E-state index in [1.54, 1.807) is 31.2 Å². The van der Waals surface area contributed by atoms with Crippen molar-refractivity contribution in [1.29, 1.82) is 5.26 Å². The number of para-hydroxylation sites is 1. The normalized spacial score (nSPS) is 15.7. The zero-order valence-electron chi connectivity index (χ0n) is 20.5. The molecule has 1 aromatic heterocycles. The van der Waals surface area contributed by atoms with Crippen LogP contribution in [0.5, 0.6) is 0 Å². The molecule has 2 aromatic carbocycles. The van der Waals surface area contributed by atoms with E-state index < -0.39 is 23.2 Å². The second kappa shape index (κ2) is 11.8. The number of alkyl halides is 3. The highest BCUT2D eigenvalue weighted by Gasteiger charge is 2.32. The van der Waals surface area contributed by atoms with E-state index >= 15 is 0 Å². The maximum atomic E-state index is 13.6. The SMILES string of the molecule is Cc1ccccc1-n1c(=O)/c(=C/c2ccccc2C(F)(F)F)s/c1=C(/C#N)C(=O)NCCN1CCOCC1.